The summed E-state index contributed by atoms with van der Waals surface area (Å²) >= 11 is 0. The van der Waals surface area contributed by atoms with Gasteiger partial charge in [0.15, 0.2) is 0 Å². The first-order valence-electron chi connectivity index (χ1n) is 8.48. The molecule has 0 aromatic heterocycles. The van der Waals surface area contributed by atoms with E-state index in [0.29, 0.717) is 6.04 Å². The van der Waals surface area contributed by atoms with Crippen molar-refractivity contribution in [1.29, 1.82) is 0 Å². The van der Waals surface area contributed by atoms with Crippen LogP contribution in [0.4, 0.5) is 0 Å². The van der Waals surface area contributed by atoms with Crippen LogP contribution in [0.2, 0.25) is 0 Å². The second kappa shape index (κ2) is 6.71. The number of primary amides is 1. The van der Waals surface area contributed by atoms with Crippen LogP contribution in [0.3, 0.4) is 0 Å². The Bertz CT molecular complexity index is 594. The molecule has 0 spiro atoms. The van der Waals surface area contributed by atoms with E-state index < -0.39 is 0 Å². The SMILES string of the molecule is Cc1ccccc1C(=O)N1CCC(N2CCC[C@H]2C(N)=O)CC1. The van der Waals surface area contributed by atoms with Crippen molar-refractivity contribution in [2.24, 2.45) is 5.73 Å². The van der Waals surface area contributed by atoms with Crippen LogP contribution in [0.1, 0.15) is 41.6 Å². The van der Waals surface area contributed by atoms with E-state index in [9.17, 15) is 9.59 Å². The molecule has 2 aliphatic heterocycles. The fraction of sp³-hybridized carbons (Fsp3) is 0.556. The summed E-state index contributed by atoms with van der Waals surface area (Å²) in [5, 5.41) is 0. The van der Waals surface area contributed by atoms with E-state index in [-0.39, 0.29) is 17.9 Å². The molecule has 124 valence electrons. The minimum absolute atomic E-state index is 0.112. The number of piperidine rings is 1. The summed E-state index contributed by atoms with van der Waals surface area (Å²) in [6.45, 7) is 4.42. The van der Waals surface area contributed by atoms with Crippen molar-refractivity contribution in [3.8, 4) is 0 Å². The number of nitrogens with zero attached hydrogens (tertiary/aromatic N) is 2. The van der Waals surface area contributed by atoms with Crippen molar-refractivity contribution in [2.75, 3.05) is 19.6 Å². The highest BCUT2D eigenvalue weighted by atomic mass is 16.2. The Labute approximate surface area is 137 Å². The van der Waals surface area contributed by atoms with Gasteiger partial charge in [0, 0.05) is 24.7 Å². The normalized spacial score (nSPS) is 23.2. The van der Waals surface area contributed by atoms with E-state index in [2.05, 4.69) is 4.90 Å². The van der Waals surface area contributed by atoms with Gasteiger partial charge in [0.25, 0.3) is 5.91 Å². The molecular formula is C18H25N3O2. The fourth-order valence-electron chi connectivity index (χ4n) is 3.92. The zero-order valence-electron chi connectivity index (χ0n) is 13.7. The second-order valence-electron chi connectivity index (χ2n) is 6.64. The Morgan fingerprint density at radius 2 is 1.78 bits per heavy atom. The topological polar surface area (TPSA) is 66.6 Å². The maximum atomic E-state index is 12.7. The summed E-state index contributed by atoms with van der Waals surface area (Å²) in [5.74, 6) is -0.0876. The number of aryl methyl sites for hydroxylation is 1. The highest BCUT2D eigenvalue weighted by Crippen LogP contribution is 2.26. The molecule has 5 nitrogen and oxygen atoms in total. The molecule has 1 aromatic carbocycles. The van der Waals surface area contributed by atoms with Gasteiger partial charge in [-0.05, 0) is 50.8 Å². The minimum atomic E-state index is -0.207. The predicted molar refractivity (Wildman–Crippen MR) is 89.0 cm³/mol. The number of carbonyl (C=O) groups is 2. The van der Waals surface area contributed by atoms with Crippen LogP contribution >= 0.6 is 0 Å². The maximum absolute atomic E-state index is 12.7. The molecule has 2 saturated heterocycles. The lowest BCUT2D eigenvalue weighted by Crippen LogP contribution is -2.51. The summed E-state index contributed by atoms with van der Waals surface area (Å²) in [6, 6.07) is 7.99. The molecule has 0 bridgehead atoms. The predicted octanol–water partition coefficient (Wildman–Crippen LogP) is 1.55. The number of rotatable bonds is 3. The molecule has 2 N–H and O–H groups in total. The summed E-state index contributed by atoms with van der Waals surface area (Å²) in [5.41, 5.74) is 7.33. The third-order valence-corrected chi connectivity index (χ3v) is 5.22. The third-order valence-electron chi connectivity index (χ3n) is 5.22. The van der Waals surface area contributed by atoms with Crippen LogP contribution in [0.25, 0.3) is 0 Å². The standard InChI is InChI=1S/C18H25N3O2/c1-13-5-2-3-6-15(13)18(23)20-11-8-14(9-12-20)21-10-4-7-16(21)17(19)22/h2-3,5-6,14,16H,4,7-12H2,1H3,(H2,19,22)/t16-/m0/s1. The first kappa shape index (κ1) is 16.0. The van der Waals surface area contributed by atoms with E-state index in [1.54, 1.807) is 0 Å². The zero-order chi connectivity index (χ0) is 16.4. The number of nitrogens with two attached hydrogens (primary N) is 1. The smallest absolute Gasteiger partial charge is 0.254 e. The summed E-state index contributed by atoms with van der Waals surface area (Å²) in [7, 11) is 0. The van der Waals surface area contributed by atoms with Crippen LogP contribution in [0.15, 0.2) is 24.3 Å². The highest BCUT2D eigenvalue weighted by Gasteiger charge is 2.36. The van der Waals surface area contributed by atoms with Gasteiger partial charge in [0.1, 0.15) is 0 Å². The Hall–Kier alpha value is -1.88. The van der Waals surface area contributed by atoms with E-state index in [4.69, 9.17) is 5.73 Å². The average molecular weight is 315 g/mol. The Balaban J connectivity index is 1.61. The lowest BCUT2D eigenvalue weighted by Gasteiger charge is -2.38. The summed E-state index contributed by atoms with van der Waals surface area (Å²) < 4.78 is 0. The molecule has 2 amide bonds. The van der Waals surface area contributed by atoms with E-state index >= 15 is 0 Å². The van der Waals surface area contributed by atoms with Gasteiger partial charge in [-0.2, -0.15) is 0 Å². The van der Waals surface area contributed by atoms with Gasteiger partial charge in [-0.3, -0.25) is 14.5 Å². The average Bonchev–Trinajstić information content (AvgIpc) is 3.05. The summed E-state index contributed by atoms with van der Waals surface area (Å²) in [4.78, 5) is 28.4. The Morgan fingerprint density at radius 3 is 2.43 bits per heavy atom. The Morgan fingerprint density at radius 1 is 1.09 bits per heavy atom. The number of carbonyl (C=O) groups excluding carboxylic acids is 2. The molecule has 2 fully saturated rings. The molecule has 1 aromatic rings. The largest absolute Gasteiger partial charge is 0.368 e. The third kappa shape index (κ3) is 3.24. The fourth-order valence-corrected chi connectivity index (χ4v) is 3.92. The molecule has 0 unspecified atom stereocenters. The number of hydrogen-bond acceptors (Lipinski definition) is 3. The van der Waals surface area contributed by atoms with Crippen molar-refractivity contribution >= 4 is 11.8 Å². The van der Waals surface area contributed by atoms with Crippen LogP contribution in [-0.4, -0.2) is 53.3 Å². The monoisotopic (exact) mass is 315 g/mol. The van der Waals surface area contributed by atoms with Gasteiger partial charge in [0.05, 0.1) is 6.04 Å². The van der Waals surface area contributed by atoms with Crippen molar-refractivity contribution in [3.63, 3.8) is 0 Å². The van der Waals surface area contributed by atoms with Crippen molar-refractivity contribution in [2.45, 2.75) is 44.7 Å². The second-order valence-corrected chi connectivity index (χ2v) is 6.64. The molecule has 5 heteroatoms. The number of benzene rings is 1. The zero-order valence-corrected chi connectivity index (χ0v) is 13.7. The number of likely N-dealkylation sites (tertiary alicyclic amines) is 2. The minimum Gasteiger partial charge on any atom is -0.368 e. The van der Waals surface area contributed by atoms with Gasteiger partial charge < -0.3 is 10.6 Å². The molecule has 2 aliphatic rings. The molecule has 1 atom stereocenters. The first-order chi connectivity index (χ1) is 11.1. The van der Waals surface area contributed by atoms with E-state index in [0.717, 1.165) is 56.4 Å². The molecule has 3 rings (SSSR count). The van der Waals surface area contributed by atoms with Gasteiger partial charge in [-0.25, -0.2) is 0 Å². The molecule has 0 aliphatic carbocycles. The van der Waals surface area contributed by atoms with Crippen LogP contribution in [-0.2, 0) is 4.79 Å². The van der Waals surface area contributed by atoms with Crippen molar-refractivity contribution in [1.82, 2.24) is 9.80 Å². The molecule has 0 saturated carbocycles. The van der Waals surface area contributed by atoms with Crippen LogP contribution in [0, 0.1) is 6.92 Å². The highest BCUT2D eigenvalue weighted by molar-refractivity contribution is 5.95. The molecule has 23 heavy (non-hydrogen) atoms. The Kier molecular flexibility index (Phi) is 4.66. The molecule has 0 radical (unpaired) electrons. The van der Waals surface area contributed by atoms with E-state index in [1.165, 1.54) is 0 Å². The van der Waals surface area contributed by atoms with Gasteiger partial charge in [-0.15, -0.1) is 0 Å². The quantitative estimate of drug-likeness (QED) is 0.920. The number of amides is 2. The lowest BCUT2D eigenvalue weighted by molar-refractivity contribution is -0.123. The number of hydrogen-bond donors (Lipinski definition) is 1. The van der Waals surface area contributed by atoms with Crippen LogP contribution < -0.4 is 5.73 Å². The van der Waals surface area contributed by atoms with Gasteiger partial charge >= 0.3 is 0 Å². The molecule has 2 heterocycles. The summed E-state index contributed by atoms with van der Waals surface area (Å²) in [6.07, 6.45) is 3.75. The van der Waals surface area contributed by atoms with Crippen molar-refractivity contribution in [3.05, 3.63) is 35.4 Å². The van der Waals surface area contributed by atoms with Crippen molar-refractivity contribution < 1.29 is 9.59 Å². The van der Waals surface area contributed by atoms with E-state index in [1.807, 2.05) is 36.1 Å². The lowest BCUT2D eigenvalue weighted by atomic mass is 10.00. The maximum Gasteiger partial charge on any atom is 0.254 e. The van der Waals surface area contributed by atoms with Crippen LogP contribution in [0.5, 0.6) is 0 Å². The van der Waals surface area contributed by atoms with Gasteiger partial charge in [-0.1, -0.05) is 18.2 Å². The van der Waals surface area contributed by atoms with Gasteiger partial charge in [0.2, 0.25) is 5.91 Å². The molecular weight excluding hydrogens is 290 g/mol. The first-order valence-corrected chi connectivity index (χ1v) is 8.48.